The highest BCUT2D eigenvalue weighted by atomic mass is 79.9. The molecule has 24 heavy (non-hydrogen) atoms. The van der Waals surface area contributed by atoms with Crippen LogP contribution in [0.5, 0.6) is 0 Å². The van der Waals surface area contributed by atoms with Crippen LogP contribution in [0.15, 0.2) is 51.8 Å². The number of nitrogens with one attached hydrogen (secondary N) is 2. The summed E-state index contributed by atoms with van der Waals surface area (Å²) in [5.41, 5.74) is 0.593. The Morgan fingerprint density at radius 3 is 2.58 bits per heavy atom. The van der Waals surface area contributed by atoms with Gasteiger partial charge in [0.2, 0.25) is 10.0 Å². The van der Waals surface area contributed by atoms with Gasteiger partial charge in [-0.05, 0) is 65.2 Å². The molecule has 2 N–H and O–H groups in total. The molecular weight excluding hydrogens is 399 g/mol. The molecule has 0 spiro atoms. The second kappa shape index (κ2) is 6.62. The molecule has 1 saturated carbocycles. The quantitative estimate of drug-likeness (QED) is 0.790. The van der Waals surface area contributed by atoms with Crippen LogP contribution in [0.1, 0.15) is 23.2 Å². The van der Waals surface area contributed by atoms with E-state index in [2.05, 4.69) is 26.0 Å². The summed E-state index contributed by atoms with van der Waals surface area (Å²) in [6, 6.07) is 9.72. The van der Waals surface area contributed by atoms with E-state index in [-0.39, 0.29) is 16.5 Å². The molecule has 0 aromatic heterocycles. The SMILES string of the molecule is O=C(Nc1cccc(S(=O)(=O)NC2CC2)c1)c1ccc(F)cc1Br. The lowest BCUT2D eigenvalue weighted by Gasteiger charge is -2.10. The van der Waals surface area contributed by atoms with Crippen LogP contribution in [0.2, 0.25) is 0 Å². The Morgan fingerprint density at radius 2 is 1.92 bits per heavy atom. The number of carbonyl (C=O) groups excluding carboxylic acids is 1. The fourth-order valence-corrected chi connectivity index (χ4v) is 3.98. The molecule has 5 nitrogen and oxygen atoms in total. The molecule has 0 radical (unpaired) electrons. The highest BCUT2D eigenvalue weighted by Gasteiger charge is 2.28. The Morgan fingerprint density at radius 1 is 1.17 bits per heavy atom. The summed E-state index contributed by atoms with van der Waals surface area (Å²) in [4.78, 5) is 12.4. The number of hydrogen-bond donors (Lipinski definition) is 2. The van der Waals surface area contributed by atoms with Crippen molar-refractivity contribution in [2.24, 2.45) is 0 Å². The third-order valence-electron chi connectivity index (χ3n) is 3.48. The van der Waals surface area contributed by atoms with Crippen LogP contribution >= 0.6 is 15.9 Å². The monoisotopic (exact) mass is 412 g/mol. The normalized spacial score (nSPS) is 14.4. The summed E-state index contributed by atoms with van der Waals surface area (Å²) < 4.78 is 40.4. The third kappa shape index (κ3) is 4.00. The predicted molar refractivity (Wildman–Crippen MR) is 91.8 cm³/mol. The van der Waals surface area contributed by atoms with Gasteiger partial charge in [-0.1, -0.05) is 6.07 Å². The average molecular weight is 413 g/mol. The Balaban J connectivity index is 1.80. The lowest BCUT2D eigenvalue weighted by atomic mass is 10.2. The average Bonchev–Trinajstić information content (AvgIpc) is 3.30. The maximum absolute atomic E-state index is 13.1. The zero-order valence-electron chi connectivity index (χ0n) is 12.4. The Labute approximate surface area is 147 Å². The summed E-state index contributed by atoms with van der Waals surface area (Å²) in [6.07, 6.45) is 1.68. The van der Waals surface area contributed by atoms with E-state index in [1.807, 2.05) is 0 Å². The molecule has 1 amide bonds. The molecule has 0 bridgehead atoms. The highest BCUT2D eigenvalue weighted by molar-refractivity contribution is 9.10. The van der Waals surface area contributed by atoms with E-state index in [1.165, 1.54) is 30.3 Å². The number of halogens is 2. The maximum atomic E-state index is 13.1. The van der Waals surface area contributed by atoms with E-state index in [4.69, 9.17) is 0 Å². The van der Waals surface area contributed by atoms with Gasteiger partial charge in [-0.3, -0.25) is 4.79 Å². The number of sulfonamides is 1. The van der Waals surface area contributed by atoms with Crippen molar-refractivity contribution in [2.45, 2.75) is 23.8 Å². The largest absolute Gasteiger partial charge is 0.322 e. The lowest BCUT2D eigenvalue weighted by Crippen LogP contribution is -2.25. The second-order valence-electron chi connectivity index (χ2n) is 5.50. The maximum Gasteiger partial charge on any atom is 0.256 e. The first-order chi connectivity index (χ1) is 11.3. The first-order valence-electron chi connectivity index (χ1n) is 7.24. The van der Waals surface area contributed by atoms with Crippen LogP contribution in [-0.4, -0.2) is 20.4 Å². The molecule has 3 rings (SSSR count). The molecule has 0 atom stereocenters. The van der Waals surface area contributed by atoms with Crippen LogP contribution in [0.25, 0.3) is 0 Å². The third-order valence-corrected chi connectivity index (χ3v) is 5.65. The van der Waals surface area contributed by atoms with Crippen LogP contribution in [0, 0.1) is 5.82 Å². The molecule has 0 saturated heterocycles. The minimum atomic E-state index is -3.59. The molecule has 8 heteroatoms. The minimum Gasteiger partial charge on any atom is -0.322 e. The number of hydrogen-bond acceptors (Lipinski definition) is 3. The fraction of sp³-hybridized carbons (Fsp3) is 0.188. The molecule has 2 aromatic carbocycles. The van der Waals surface area contributed by atoms with Gasteiger partial charge in [-0.25, -0.2) is 17.5 Å². The van der Waals surface area contributed by atoms with E-state index >= 15 is 0 Å². The van der Waals surface area contributed by atoms with Crippen LogP contribution in [0.3, 0.4) is 0 Å². The Bertz CT molecular complexity index is 898. The van der Waals surface area contributed by atoms with Crippen molar-refractivity contribution < 1.29 is 17.6 Å². The van der Waals surface area contributed by atoms with E-state index < -0.39 is 21.7 Å². The Kier molecular flexibility index (Phi) is 4.71. The van der Waals surface area contributed by atoms with Crippen molar-refractivity contribution in [3.05, 3.63) is 58.3 Å². The number of anilines is 1. The molecule has 1 fully saturated rings. The topological polar surface area (TPSA) is 75.3 Å². The first kappa shape index (κ1) is 17.1. The van der Waals surface area contributed by atoms with Gasteiger partial charge in [0.1, 0.15) is 5.82 Å². The highest BCUT2D eigenvalue weighted by Crippen LogP contribution is 2.24. The first-order valence-corrected chi connectivity index (χ1v) is 9.51. The molecular formula is C16H14BrFN2O3S. The molecule has 1 aliphatic carbocycles. The number of rotatable bonds is 5. The number of amides is 1. The predicted octanol–water partition coefficient (Wildman–Crippen LogP) is 3.28. The van der Waals surface area contributed by atoms with Crippen molar-refractivity contribution in [1.29, 1.82) is 0 Å². The zero-order valence-corrected chi connectivity index (χ0v) is 14.8. The van der Waals surface area contributed by atoms with Crippen molar-refractivity contribution >= 4 is 37.5 Å². The minimum absolute atomic E-state index is 0.00316. The van der Waals surface area contributed by atoms with E-state index in [0.717, 1.165) is 12.8 Å². The molecule has 1 aliphatic rings. The lowest BCUT2D eigenvalue weighted by molar-refractivity contribution is 0.102. The van der Waals surface area contributed by atoms with E-state index in [0.29, 0.717) is 10.2 Å². The van der Waals surface area contributed by atoms with Gasteiger partial charge in [-0.15, -0.1) is 0 Å². The van der Waals surface area contributed by atoms with Gasteiger partial charge >= 0.3 is 0 Å². The standard InChI is InChI=1S/C16H14BrFN2O3S/c17-15-8-10(18)4-7-14(15)16(21)19-12-2-1-3-13(9-12)24(22,23)20-11-5-6-11/h1-4,7-9,11,20H,5-6H2,(H,19,21). The fourth-order valence-electron chi connectivity index (χ4n) is 2.10. The molecule has 0 heterocycles. The molecule has 126 valence electrons. The van der Waals surface area contributed by atoms with Crippen molar-refractivity contribution in [1.82, 2.24) is 4.72 Å². The molecule has 0 unspecified atom stereocenters. The van der Waals surface area contributed by atoms with Gasteiger partial charge in [0.15, 0.2) is 0 Å². The van der Waals surface area contributed by atoms with Gasteiger partial charge < -0.3 is 5.32 Å². The van der Waals surface area contributed by atoms with Crippen molar-refractivity contribution in [3.63, 3.8) is 0 Å². The smallest absolute Gasteiger partial charge is 0.256 e. The van der Waals surface area contributed by atoms with Gasteiger partial charge in [0.25, 0.3) is 5.91 Å². The van der Waals surface area contributed by atoms with Crippen LogP contribution in [-0.2, 0) is 10.0 Å². The van der Waals surface area contributed by atoms with E-state index in [1.54, 1.807) is 12.1 Å². The zero-order chi connectivity index (χ0) is 17.3. The Hall–Kier alpha value is -1.77. The second-order valence-corrected chi connectivity index (χ2v) is 8.07. The van der Waals surface area contributed by atoms with Gasteiger partial charge in [0, 0.05) is 16.2 Å². The van der Waals surface area contributed by atoms with Gasteiger partial charge in [-0.2, -0.15) is 0 Å². The van der Waals surface area contributed by atoms with Gasteiger partial charge in [0.05, 0.1) is 10.5 Å². The van der Waals surface area contributed by atoms with E-state index in [9.17, 15) is 17.6 Å². The number of carbonyl (C=O) groups is 1. The number of benzene rings is 2. The molecule has 2 aromatic rings. The van der Waals surface area contributed by atoms with Crippen LogP contribution < -0.4 is 10.0 Å². The van der Waals surface area contributed by atoms with Crippen molar-refractivity contribution in [3.8, 4) is 0 Å². The van der Waals surface area contributed by atoms with Crippen molar-refractivity contribution in [2.75, 3.05) is 5.32 Å². The summed E-state index contributed by atoms with van der Waals surface area (Å²) in [7, 11) is -3.59. The summed E-state index contributed by atoms with van der Waals surface area (Å²) in [5.74, 6) is -0.927. The summed E-state index contributed by atoms with van der Waals surface area (Å²) >= 11 is 3.13. The summed E-state index contributed by atoms with van der Waals surface area (Å²) in [5, 5.41) is 2.62. The summed E-state index contributed by atoms with van der Waals surface area (Å²) in [6.45, 7) is 0. The van der Waals surface area contributed by atoms with Crippen LogP contribution in [0.4, 0.5) is 10.1 Å². The molecule has 0 aliphatic heterocycles.